The molecule has 1 saturated carbocycles. The number of nitrogens with zero attached hydrogens (tertiary/aromatic N) is 1. The Bertz CT molecular complexity index is 279. The first-order chi connectivity index (χ1) is 6.36. The van der Waals surface area contributed by atoms with Gasteiger partial charge < -0.3 is 0 Å². The van der Waals surface area contributed by atoms with E-state index in [0.717, 1.165) is 10.4 Å². The standard InChI is InChI=1S/C11H14BrN/c12-11-6-10(7-13-8-11)9-4-2-1-3-5-9/h6-9H,1-5H2. The number of hydrogen-bond acceptors (Lipinski definition) is 1. The molecule has 1 aromatic rings. The van der Waals surface area contributed by atoms with E-state index in [-0.39, 0.29) is 0 Å². The maximum absolute atomic E-state index is 4.21. The third-order valence-corrected chi connectivity index (χ3v) is 3.24. The average molecular weight is 240 g/mol. The number of halogens is 1. The van der Waals surface area contributed by atoms with Gasteiger partial charge in [0.25, 0.3) is 0 Å². The van der Waals surface area contributed by atoms with Crippen molar-refractivity contribution in [2.45, 2.75) is 38.0 Å². The first kappa shape index (κ1) is 9.20. The molecular formula is C11H14BrN. The van der Waals surface area contributed by atoms with Gasteiger partial charge in [0.05, 0.1) is 0 Å². The van der Waals surface area contributed by atoms with Crippen LogP contribution in [0.15, 0.2) is 22.9 Å². The van der Waals surface area contributed by atoms with Crippen LogP contribution in [0.2, 0.25) is 0 Å². The second-order valence-corrected chi connectivity index (χ2v) is 4.69. The number of hydrogen-bond donors (Lipinski definition) is 0. The van der Waals surface area contributed by atoms with E-state index in [0.29, 0.717) is 0 Å². The molecule has 0 aliphatic heterocycles. The van der Waals surface area contributed by atoms with Gasteiger partial charge in [-0.2, -0.15) is 0 Å². The highest BCUT2D eigenvalue weighted by Crippen LogP contribution is 2.32. The molecule has 0 N–H and O–H groups in total. The quantitative estimate of drug-likeness (QED) is 0.725. The maximum atomic E-state index is 4.21. The lowest BCUT2D eigenvalue weighted by atomic mass is 9.85. The van der Waals surface area contributed by atoms with Crippen molar-refractivity contribution in [3.63, 3.8) is 0 Å². The second kappa shape index (κ2) is 4.23. The Hall–Kier alpha value is -0.370. The number of rotatable bonds is 1. The molecule has 2 heteroatoms. The van der Waals surface area contributed by atoms with Crippen LogP contribution in [-0.2, 0) is 0 Å². The molecular weight excluding hydrogens is 226 g/mol. The molecule has 0 saturated heterocycles. The minimum atomic E-state index is 0.763. The van der Waals surface area contributed by atoms with E-state index < -0.39 is 0 Å². The fourth-order valence-corrected chi connectivity index (χ4v) is 2.47. The summed E-state index contributed by atoms with van der Waals surface area (Å²) in [7, 11) is 0. The van der Waals surface area contributed by atoms with Crippen LogP contribution < -0.4 is 0 Å². The van der Waals surface area contributed by atoms with Crippen molar-refractivity contribution >= 4 is 15.9 Å². The number of aromatic nitrogens is 1. The third-order valence-electron chi connectivity index (χ3n) is 2.80. The normalized spacial score (nSPS) is 18.8. The van der Waals surface area contributed by atoms with Crippen molar-refractivity contribution in [1.29, 1.82) is 0 Å². The molecule has 13 heavy (non-hydrogen) atoms. The Morgan fingerprint density at radius 2 is 1.92 bits per heavy atom. The first-order valence-electron chi connectivity index (χ1n) is 4.97. The van der Waals surface area contributed by atoms with Gasteiger partial charge in [0.1, 0.15) is 0 Å². The third kappa shape index (κ3) is 2.31. The highest BCUT2D eigenvalue weighted by molar-refractivity contribution is 9.10. The summed E-state index contributed by atoms with van der Waals surface area (Å²) in [6, 6.07) is 2.21. The zero-order valence-corrected chi connectivity index (χ0v) is 9.26. The van der Waals surface area contributed by atoms with Gasteiger partial charge in [-0.1, -0.05) is 19.3 Å². The molecule has 1 aliphatic rings. The van der Waals surface area contributed by atoms with Crippen LogP contribution in [0.25, 0.3) is 0 Å². The lowest BCUT2D eigenvalue weighted by molar-refractivity contribution is 0.443. The lowest BCUT2D eigenvalue weighted by Gasteiger charge is -2.21. The molecule has 2 rings (SSSR count). The van der Waals surface area contributed by atoms with Crippen LogP contribution in [0, 0.1) is 0 Å². The molecule has 0 spiro atoms. The minimum absolute atomic E-state index is 0.763. The Labute approximate surface area is 87.7 Å². The van der Waals surface area contributed by atoms with E-state index in [2.05, 4.69) is 27.0 Å². The Balaban J connectivity index is 2.14. The van der Waals surface area contributed by atoms with E-state index in [1.54, 1.807) is 0 Å². The van der Waals surface area contributed by atoms with E-state index in [4.69, 9.17) is 0 Å². The van der Waals surface area contributed by atoms with Gasteiger partial charge in [-0.05, 0) is 46.3 Å². The maximum Gasteiger partial charge on any atom is 0.0410 e. The van der Waals surface area contributed by atoms with Crippen LogP contribution in [0.4, 0.5) is 0 Å². The molecule has 1 aromatic heterocycles. The minimum Gasteiger partial charge on any atom is -0.263 e. The monoisotopic (exact) mass is 239 g/mol. The summed E-state index contributed by atoms with van der Waals surface area (Å²) in [5.41, 5.74) is 1.41. The molecule has 0 amide bonds. The van der Waals surface area contributed by atoms with Crippen LogP contribution >= 0.6 is 15.9 Å². The highest BCUT2D eigenvalue weighted by atomic mass is 79.9. The largest absolute Gasteiger partial charge is 0.263 e. The van der Waals surface area contributed by atoms with Crippen molar-refractivity contribution < 1.29 is 0 Å². The van der Waals surface area contributed by atoms with Gasteiger partial charge in [0, 0.05) is 16.9 Å². The smallest absolute Gasteiger partial charge is 0.0410 e. The molecule has 0 aromatic carbocycles. The summed E-state index contributed by atoms with van der Waals surface area (Å²) in [5, 5.41) is 0. The Morgan fingerprint density at radius 1 is 1.15 bits per heavy atom. The molecule has 1 aliphatic carbocycles. The zero-order valence-electron chi connectivity index (χ0n) is 7.67. The highest BCUT2D eigenvalue weighted by Gasteiger charge is 2.15. The van der Waals surface area contributed by atoms with Crippen LogP contribution in [-0.4, -0.2) is 4.98 Å². The van der Waals surface area contributed by atoms with Crippen LogP contribution in [0.5, 0.6) is 0 Å². The van der Waals surface area contributed by atoms with Gasteiger partial charge in [-0.3, -0.25) is 4.98 Å². The van der Waals surface area contributed by atoms with Crippen molar-refractivity contribution in [2.24, 2.45) is 0 Å². The van der Waals surface area contributed by atoms with Gasteiger partial charge in [-0.15, -0.1) is 0 Å². The molecule has 1 nitrogen and oxygen atoms in total. The summed E-state index contributed by atoms with van der Waals surface area (Å²) in [6.45, 7) is 0. The van der Waals surface area contributed by atoms with Crippen molar-refractivity contribution in [2.75, 3.05) is 0 Å². The van der Waals surface area contributed by atoms with Gasteiger partial charge in [-0.25, -0.2) is 0 Å². The average Bonchev–Trinajstić information content (AvgIpc) is 2.19. The second-order valence-electron chi connectivity index (χ2n) is 3.77. The van der Waals surface area contributed by atoms with E-state index in [1.807, 2.05) is 12.4 Å². The summed E-state index contributed by atoms with van der Waals surface area (Å²) in [5.74, 6) is 0.763. The van der Waals surface area contributed by atoms with E-state index in [1.165, 1.54) is 37.7 Å². The van der Waals surface area contributed by atoms with Crippen molar-refractivity contribution in [3.05, 3.63) is 28.5 Å². The number of pyridine rings is 1. The van der Waals surface area contributed by atoms with Gasteiger partial charge >= 0.3 is 0 Å². The zero-order chi connectivity index (χ0) is 9.10. The molecule has 0 unspecified atom stereocenters. The Kier molecular flexibility index (Phi) is 2.99. The molecule has 1 fully saturated rings. The van der Waals surface area contributed by atoms with Gasteiger partial charge in [0.15, 0.2) is 0 Å². The summed E-state index contributed by atoms with van der Waals surface area (Å²) in [6.07, 6.45) is 10.7. The summed E-state index contributed by atoms with van der Waals surface area (Å²) < 4.78 is 1.11. The molecule has 1 heterocycles. The molecule has 70 valence electrons. The summed E-state index contributed by atoms with van der Waals surface area (Å²) >= 11 is 3.47. The van der Waals surface area contributed by atoms with Crippen LogP contribution in [0.3, 0.4) is 0 Å². The van der Waals surface area contributed by atoms with E-state index in [9.17, 15) is 0 Å². The lowest BCUT2D eigenvalue weighted by Crippen LogP contribution is -2.04. The topological polar surface area (TPSA) is 12.9 Å². The van der Waals surface area contributed by atoms with Crippen molar-refractivity contribution in [3.8, 4) is 0 Å². The van der Waals surface area contributed by atoms with E-state index >= 15 is 0 Å². The van der Waals surface area contributed by atoms with Crippen LogP contribution in [0.1, 0.15) is 43.6 Å². The predicted octanol–water partition coefficient (Wildman–Crippen LogP) is 3.89. The fraction of sp³-hybridized carbons (Fsp3) is 0.545. The fourth-order valence-electron chi connectivity index (χ4n) is 2.09. The summed E-state index contributed by atoms with van der Waals surface area (Å²) in [4.78, 5) is 4.21. The van der Waals surface area contributed by atoms with Gasteiger partial charge in [0.2, 0.25) is 0 Å². The van der Waals surface area contributed by atoms with Crippen molar-refractivity contribution in [1.82, 2.24) is 4.98 Å². The molecule has 0 atom stereocenters. The predicted molar refractivity (Wildman–Crippen MR) is 57.8 cm³/mol. The molecule has 0 radical (unpaired) electrons. The molecule has 0 bridgehead atoms. The SMILES string of the molecule is Brc1cncc(C2CCCCC2)c1. The first-order valence-corrected chi connectivity index (χ1v) is 5.76. The Morgan fingerprint density at radius 3 is 2.62 bits per heavy atom.